The average Bonchev–Trinajstić information content (AvgIpc) is 2.04. The highest BCUT2D eigenvalue weighted by Gasteiger charge is 1.99. The Labute approximate surface area is 63.9 Å². The van der Waals surface area contributed by atoms with Crippen LogP contribution in [0.2, 0.25) is 0 Å². The summed E-state index contributed by atoms with van der Waals surface area (Å²) in [6.07, 6.45) is 0.566. The van der Waals surface area contributed by atoms with Gasteiger partial charge < -0.3 is 10.2 Å². The quantitative estimate of drug-likeness (QED) is 0.613. The molecule has 0 atom stereocenters. The minimum atomic E-state index is -0.132. The molecule has 1 rings (SSSR count). The number of hydrogen-bond donors (Lipinski definition) is 2. The van der Waals surface area contributed by atoms with Crippen molar-refractivity contribution in [1.29, 1.82) is 0 Å². The summed E-state index contributed by atoms with van der Waals surface area (Å²) in [5, 5.41) is 17.7. The second kappa shape index (κ2) is 3.16. The van der Waals surface area contributed by atoms with Crippen molar-refractivity contribution in [3.05, 3.63) is 29.3 Å². The Morgan fingerprint density at radius 2 is 2.18 bits per heavy atom. The van der Waals surface area contributed by atoms with E-state index in [0.29, 0.717) is 11.8 Å². The number of carbonyl (C=O) groups is 1. The summed E-state index contributed by atoms with van der Waals surface area (Å²) in [6.45, 7) is -0.132. The van der Waals surface area contributed by atoms with Gasteiger partial charge in [0.05, 0.1) is 12.2 Å². The Kier molecular flexibility index (Phi) is 2.23. The largest absolute Gasteiger partial charge is 0.507 e. The molecular weight excluding hydrogens is 144 g/mol. The number of aldehydes is 1. The van der Waals surface area contributed by atoms with E-state index in [0.717, 1.165) is 0 Å². The van der Waals surface area contributed by atoms with E-state index in [1.54, 1.807) is 6.07 Å². The van der Waals surface area contributed by atoms with Crippen LogP contribution in [0.25, 0.3) is 0 Å². The zero-order chi connectivity index (χ0) is 8.27. The van der Waals surface area contributed by atoms with Crippen molar-refractivity contribution in [1.82, 2.24) is 0 Å². The normalized spacial score (nSPS) is 9.55. The maximum atomic E-state index is 10.2. The maximum Gasteiger partial charge on any atom is 0.153 e. The fraction of sp³-hybridized carbons (Fsp3) is 0.125. The van der Waals surface area contributed by atoms with Crippen LogP contribution in [0.5, 0.6) is 5.75 Å². The molecule has 1 aromatic rings. The number of aliphatic hydroxyl groups excluding tert-OH is 1. The number of aromatic hydroxyl groups is 1. The SMILES string of the molecule is O=Cc1ccc(CO)cc1O. The van der Waals surface area contributed by atoms with E-state index in [1.165, 1.54) is 12.1 Å². The zero-order valence-corrected chi connectivity index (χ0v) is 5.82. The maximum absolute atomic E-state index is 10.2. The first-order valence-corrected chi connectivity index (χ1v) is 3.16. The molecule has 3 nitrogen and oxygen atoms in total. The van der Waals surface area contributed by atoms with Gasteiger partial charge in [-0.05, 0) is 17.7 Å². The summed E-state index contributed by atoms with van der Waals surface area (Å²) in [6, 6.07) is 4.42. The van der Waals surface area contributed by atoms with Gasteiger partial charge in [-0.15, -0.1) is 0 Å². The number of benzene rings is 1. The van der Waals surface area contributed by atoms with Crippen LogP contribution in [0.1, 0.15) is 15.9 Å². The molecule has 0 spiro atoms. The van der Waals surface area contributed by atoms with E-state index >= 15 is 0 Å². The summed E-state index contributed by atoms with van der Waals surface area (Å²) in [7, 11) is 0. The Morgan fingerprint density at radius 1 is 1.45 bits per heavy atom. The summed E-state index contributed by atoms with van der Waals surface area (Å²) in [5.74, 6) is -0.0912. The van der Waals surface area contributed by atoms with E-state index in [4.69, 9.17) is 10.2 Å². The molecule has 0 saturated heterocycles. The number of rotatable bonds is 2. The topological polar surface area (TPSA) is 57.5 Å². The second-order valence-electron chi connectivity index (χ2n) is 2.17. The van der Waals surface area contributed by atoms with Crippen molar-refractivity contribution in [2.45, 2.75) is 6.61 Å². The molecule has 0 bridgehead atoms. The number of phenols is 1. The van der Waals surface area contributed by atoms with Gasteiger partial charge in [-0.1, -0.05) is 6.07 Å². The highest BCUT2D eigenvalue weighted by molar-refractivity contribution is 5.79. The minimum Gasteiger partial charge on any atom is -0.507 e. The van der Waals surface area contributed by atoms with Gasteiger partial charge in [0.15, 0.2) is 6.29 Å². The third kappa shape index (κ3) is 1.56. The van der Waals surface area contributed by atoms with E-state index in [2.05, 4.69) is 0 Å². The molecule has 0 aromatic heterocycles. The monoisotopic (exact) mass is 152 g/mol. The summed E-state index contributed by atoms with van der Waals surface area (Å²) < 4.78 is 0. The molecule has 2 N–H and O–H groups in total. The lowest BCUT2D eigenvalue weighted by molar-refractivity contribution is 0.112. The predicted octanol–water partition coefficient (Wildman–Crippen LogP) is 0.697. The van der Waals surface area contributed by atoms with Crippen molar-refractivity contribution in [3.8, 4) is 5.75 Å². The number of hydrogen-bond acceptors (Lipinski definition) is 3. The van der Waals surface area contributed by atoms with Crippen LogP contribution in [0.3, 0.4) is 0 Å². The molecule has 0 radical (unpaired) electrons. The molecule has 0 fully saturated rings. The fourth-order valence-corrected chi connectivity index (χ4v) is 0.787. The van der Waals surface area contributed by atoms with Crippen molar-refractivity contribution < 1.29 is 15.0 Å². The number of aliphatic hydroxyl groups is 1. The fourth-order valence-electron chi connectivity index (χ4n) is 0.787. The second-order valence-corrected chi connectivity index (χ2v) is 2.17. The Bertz CT molecular complexity index is 268. The van der Waals surface area contributed by atoms with Gasteiger partial charge >= 0.3 is 0 Å². The van der Waals surface area contributed by atoms with Crippen molar-refractivity contribution in [2.75, 3.05) is 0 Å². The first-order chi connectivity index (χ1) is 5.27. The third-order valence-corrected chi connectivity index (χ3v) is 1.40. The van der Waals surface area contributed by atoms with Gasteiger partial charge in [-0.25, -0.2) is 0 Å². The minimum absolute atomic E-state index is 0.0912. The van der Waals surface area contributed by atoms with Crippen LogP contribution in [0.4, 0.5) is 0 Å². The Balaban J connectivity index is 3.09. The smallest absolute Gasteiger partial charge is 0.153 e. The molecule has 3 heteroatoms. The van der Waals surface area contributed by atoms with E-state index in [1.807, 2.05) is 0 Å². The van der Waals surface area contributed by atoms with Crippen LogP contribution in [0.15, 0.2) is 18.2 Å². The molecule has 0 heterocycles. The molecule has 0 amide bonds. The van der Waals surface area contributed by atoms with Crippen molar-refractivity contribution in [3.63, 3.8) is 0 Å². The van der Waals surface area contributed by atoms with Crippen LogP contribution in [-0.2, 0) is 6.61 Å². The standard InChI is InChI=1S/C8H8O3/c9-4-6-1-2-7(5-10)8(11)3-6/h1-3,5,9,11H,4H2. The van der Waals surface area contributed by atoms with E-state index in [9.17, 15) is 4.79 Å². The molecule has 1 aromatic carbocycles. The molecule has 0 aliphatic heterocycles. The van der Waals surface area contributed by atoms with Gasteiger partial charge in [0, 0.05) is 0 Å². The predicted molar refractivity (Wildman–Crippen MR) is 39.4 cm³/mol. The zero-order valence-electron chi connectivity index (χ0n) is 5.82. The highest BCUT2D eigenvalue weighted by atomic mass is 16.3. The average molecular weight is 152 g/mol. The van der Waals surface area contributed by atoms with Crippen LogP contribution in [0, 0.1) is 0 Å². The van der Waals surface area contributed by atoms with Crippen LogP contribution in [-0.4, -0.2) is 16.5 Å². The first kappa shape index (κ1) is 7.75. The van der Waals surface area contributed by atoms with Gasteiger partial charge in [0.25, 0.3) is 0 Å². The molecule has 58 valence electrons. The lowest BCUT2D eigenvalue weighted by atomic mass is 10.1. The molecule has 0 aliphatic rings. The van der Waals surface area contributed by atoms with Crippen LogP contribution < -0.4 is 0 Å². The lowest BCUT2D eigenvalue weighted by Gasteiger charge is -1.98. The van der Waals surface area contributed by atoms with E-state index in [-0.39, 0.29) is 17.9 Å². The molecule has 0 aliphatic carbocycles. The number of carbonyl (C=O) groups excluding carboxylic acids is 1. The molecular formula is C8H8O3. The van der Waals surface area contributed by atoms with Gasteiger partial charge in [0.1, 0.15) is 5.75 Å². The summed E-state index contributed by atoms with van der Waals surface area (Å²) in [5.41, 5.74) is 0.829. The van der Waals surface area contributed by atoms with Crippen molar-refractivity contribution in [2.24, 2.45) is 0 Å². The molecule has 0 unspecified atom stereocenters. The number of phenolic OH excluding ortho intramolecular Hbond substituents is 1. The highest BCUT2D eigenvalue weighted by Crippen LogP contribution is 2.16. The summed E-state index contributed by atoms with van der Waals surface area (Å²) in [4.78, 5) is 10.2. The van der Waals surface area contributed by atoms with Crippen molar-refractivity contribution >= 4 is 6.29 Å². The Morgan fingerprint density at radius 3 is 2.64 bits per heavy atom. The van der Waals surface area contributed by atoms with Gasteiger partial charge in [-0.3, -0.25) is 4.79 Å². The third-order valence-electron chi connectivity index (χ3n) is 1.40. The lowest BCUT2D eigenvalue weighted by Crippen LogP contribution is -1.85. The van der Waals surface area contributed by atoms with Gasteiger partial charge in [0.2, 0.25) is 0 Å². The summed E-state index contributed by atoms with van der Waals surface area (Å²) >= 11 is 0. The van der Waals surface area contributed by atoms with E-state index < -0.39 is 0 Å². The van der Waals surface area contributed by atoms with Crippen LogP contribution >= 0.6 is 0 Å². The first-order valence-electron chi connectivity index (χ1n) is 3.16. The van der Waals surface area contributed by atoms with Gasteiger partial charge in [-0.2, -0.15) is 0 Å². The Hall–Kier alpha value is -1.35. The molecule has 11 heavy (non-hydrogen) atoms. The molecule has 0 saturated carbocycles.